The van der Waals surface area contributed by atoms with E-state index >= 15 is 0 Å². The second kappa shape index (κ2) is 12.0. The summed E-state index contributed by atoms with van der Waals surface area (Å²) in [4.78, 5) is 12.4. The molecule has 0 aromatic carbocycles. The van der Waals surface area contributed by atoms with E-state index in [2.05, 4.69) is 11.4 Å². The Morgan fingerprint density at radius 3 is 2.55 bits per heavy atom. The van der Waals surface area contributed by atoms with Crippen molar-refractivity contribution in [3.63, 3.8) is 0 Å². The maximum absolute atomic E-state index is 12.7. The molecular weight excluding hydrogens is 433 g/mol. The molecule has 1 atom stereocenters. The molecule has 0 bridgehead atoms. The number of rotatable bonds is 8. The molecule has 1 unspecified atom stereocenters. The molecule has 0 saturated heterocycles. The van der Waals surface area contributed by atoms with Gasteiger partial charge in [-0.1, -0.05) is 17.7 Å². The molecule has 1 aliphatic heterocycles. The number of alkyl halides is 3. The summed E-state index contributed by atoms with van der Waals surface area (Å²) in [5.74, 6) is -0.843. The molecule has 0 aliphatic carbocycles. The molecule has 1 rings (SSSR count). The molecule has 5 nitrogen and oxygen atoms in total. The first-order valence-electron chi connectivity index (χ1n) is 9.76. The number of methoxy groups -OCH3 is 1. The number of nitriles is 1. The van der Waals surface area contributed by atoms with Gasteiger partial charge in [0.2, 0.25) is 0 Å². The molecule has 0 radical (unpaired) electrons. The van der Waals surface area contributed by atoms with Gasteiger partial charge in [-0.2, -0.15) is 18.4 Å². The van der Waals surface area contributed by atoms with Crippen LogP contribution in [0.3, 0.4) is 0 Å². The zero-order chi connectivity index (χ0) is 23.8. The van der Waals surface area contributed by atoms with Crippen LogP contribution in [0.15, 0.2) is 45.3 Å². The third-order valence-electron chi connectivity index (χ3n) is 4.65. The summed E-state index contributed by atoms with van der Waals surface area (Å²) in [5, 5.41) is 12.9. The Hall–Kier alpha value is -2.24. The van der Waals surface area contributed by atoms with Gasteiger partial charge in [-0.25, -0.2) is 0 Å². The summed E-state index contributed by atoms with van der Waals surface area (Å²) in [6, 6.07) is 2.15. The van der Waals surface area contributed by atoms with Gasteiger partial charge in [-0.05, 0) is 58.1 Å². The van der Waals surface area contributed by atoms with Gasteiger partial charge in [-0.15, -0.1) is 0 Å². The standard InChI is InChI=1S/C22H28ClF3N2O3/c1-13(2)31-21(29)10-19-16(9-18(23)7-6-14(3)22(24,25)26)8-17(11-27)15(4)28-20(19)12-30-5/h6-7,13,16,28H,8-10,12H2,1-5H3/b14-6+,18-7+. The van der Waals surface area contributed by atoms with Crippen LogP contribution in [0.4, 0.5) is 13.2 Å². The molecule has 0 spiro atoms. The number of carbonyl (C=O) groups excluding carboxylic acids is 1. The maximum atomic E-state index is 12.7. The van der Waals surface area contributed by atoms with Crippen molar-refractivity contribution in [3.05, 3.63) is 45.3 Å². The monoisotopic (exact) mass is 460 g/mol. The summed E-state index contributed by atoms with van der Waals surface area (Å²) in [6.07, 6.45) is -2.25. The Kier molecular flexibility index (Phi) is 10.3. The Labute approximate surface area is 186 Å². The Balaban J connectivity index is 3.34. The van der Waals surface area contributed by atoms with Crippen LogP contribution in [0.5, 0.6) is 0 Å². The van der Waals surface area contributed by atoms with Crippen molar-refractivity contribution in [1.29, 1.82) is 5.26 Å². The number of nitrogens with zero attached hydrogens (tertiary/aromatic N) is 1. The molecule has 0 aromatic heterocycles. The van der Waals surface area contributed by atoms with Gasteiger partial charge in [0, 0.05) is 34.7 Å². The van der Waals surface area contributed by atoms with Gasteiger partial charge in [0.05, 0.1) is 25.2 Å². The van der Waals surface area contributed by atoms with Gasteiger partial charge in [0.15, 0.2) is 0 Å². The Morgan fingerprint density at radius 2 is 2.03 bits per heavy atom. The van der Waals surface area contributed by atoms with E-state index in [-0.39, 0.29) is 37.0 Å². The quantitative estimate of drug-likeness (QED) is 0.374. The summed E-state index contributed by atoms with van der Waals surface area (Å²) in [5.41, 5.74) is 1.58. The summed E-state index contributed by atoms with van der Waals surface area (Å²) in [7, 11) is 1.50. The Bertz CT molecular complexity index is 834. The molecule has 0 fully saturated rings. The molecule has 1 aliphatic rings. The van der Waals surface area contributed by atoms with Crippen LogP contribution in [-0.4, -0.2) is 32.0 Å². The molecule has 0 saturated carbocycles. The van der Waals surface area contributed by atoms with E-state index in [1.54, 1.807) is 20.8 Å². The van der Waals surface area contributed by atoms with Crippen LogP contribution in [0.25, 0.3) is 0 Å². The highest BCUT2D eigenvalue weighted by molar-refractivity contribution is 6.29. The highest BCUT2D eigenvalue weighted by Crippen LogP contribution is 2.35. The van der Waals surface area contributed by atoms with Gasteiger partial charge >= 0.3 is 12.1 Å². The number of hydrogen-bond acceptors (Lipinski definition) is 5. The molecule has 0 amide bonds. The topological polar surface area (TPSA) is 71.3 Å². The van der Waals surface area contributed by atoms with Crippen LogP contribution < -0.4 is 5.32 Å². The van der Waals surface area contributed by atoms with Crippen LogP contribution in [0.1, 0.15) is 47.0 Å². The number of nitrogens with one attached hydrogen (secondary N) is 1. The highest BCUT2D eigenvalue weighted by Gasteiger charge is 2.30. The number of esters is 1. The smallest absolute Gasteiger partial charge is 0.412 e. The zero-order valence-electron chi connectivity index (χ0n) is 18.3. The van der Waals surface area contributed by atoms with Crippen LogP contribution in [0, 0.1) is 17.2 Å². The van der Waals surface area contributed by atoms with Crippen molar-refractivity contribution in [2.45, 2.75) is 59.2 Å². The summed E-state index contributed by atoms with van der Waals surface area (Å²) < 4.78 is 48.7. The predicted molar refractivity (Wildman–Crippen MR) is 113 cm³/mol. The predicted octanol–water partition coefficient (Wildman–Crippen LogP) is 5.66. The van der Waals surface area contributed by atoms with Crippen molar-refractivity contribution < 1.29 is 27.4 Å². The van der Waals surface area contributed by atoms with E-state index in [9.17, 15) is 23.2 Å². The number of carbonyl (C=O) groups is 1. The molecule has 172 valence electrons. The van der Waals surface area contributed by atoms with E-state index < -0.39 is 23.6 Å². The third-order valence-corrected chi connectivity index (χ3v) is 4.93. The van der Waals surface area contributed by atoms with E-state index in [1.165, 1.54) is 13.2 Å². The van der Waals surface area contributed by atoms with Crippen molar-refractivity contribution in [1.82, 2.24) is 5.32 Å². The lowest BCUT2D eigenvalue weighted by Crippen LogP contribution is -2.21. The van der Waals surface area contributed by atoms with Crippen molar-refractivity contribution >= 4 is 17.6 Å². The first-order chi connectivity index (χ1) is 14.4. The molecule has 1 heterocycles. The fourth-order valence-corrected chi connectivity index (χ4v) is 3.32. The number of hydrogen-bond donors (Lipinski definition) is 1. The minimum atomic E-state index is -4.44. The summed E-state index contributed by atoms with van der Waals surface area (Å²) in [6.45, 7) is 6.33. The second-order valence-electron chi connectivity index (χ2n) is 7.56. The minimum Gasteiger partial charge on any atom is -0.463 e. The number of allylic oxidation sites excluding steroid dienone is 6. The normalized spacial score (nSPS) is 18.7. The van der Waals surface area contributed by atoms with Crippen molar-refractivity contribution in [2.75, 3.05) is 13.7 Å². The fraction of sp³-hybridized carbons (Fsp3) is 0.545. The lowest BCUT2D eigenvalue weighted by Gasteiger charge is -2.22. The lowest BCUT2D eigenvalue weighted by molar-refractivity contribution is -0.146. The summed E-state index contributed by atoms with van der Waals surface area (Å²) >= 11 is 6.26. The van der Waals surface area contributed by atoms with Crippen LogP contribution >= 0.6 is 11.6 Å². The lowest BCUT2D eigenvalue weighted by atomic mass is 9.86. The molecule has 31 heavy (non-hydrogen) atoms. The van der Waals surface area contributed by atoms with Crippen molar-refractivity contribution in [2.24, 2.45) is 5.92 Å². The first kappa shape index (κ1) is 26.8. The van der Waals surface area contributed by atoms with E-state index in [4.69, 9.17) is 21.1 Å². The van der Waals surface area contributed by atoms with Gasteiger partial charge in [0.1, 0.15) is 0 Å². The van der Waals surface area contributed by atoms with E-state index in [0.29, 0.717) is 22.5 Å². The van der Waals surface area contributed by atoms with E-state index in [0.717, 1.165) is 13.0 Å². The van der Waals surface area contributed by atoms with Crippen LogP contribution in [-0.2, 0) is 14.3 Å². The number of ether oxygens (including phenoxy) is 2. The third kappa shape index (κ3) is 8.80. The van der Waals surface area contributed by atoms with Crippen LogP contribution in [0.2, 0.25) is 0 Å². The minimum absolute atomic E-state index is 0.0535. The zero-order valence-corrected chi connectivity index (χ0v) is 19.1. The largest absolute Gasteiger partial charge is 0.463 e. The van der Waals surface area contributed by atoms with Gasteiger partial charge in [0.25, 0.3) is 0 Å². The van der Waals surface area contributed by atoms with E-state index in [1.807, 2.05) is 0 Å². The van der Waals surface area contributed by atoms with Gasteiger partial charge in [-0.3, -0.25) is 4.79 Å². The molecule has 0 aromatic rings. The molecular formula is C22H28ClF3N2O3. The first-order valence-corrected chi connectivity index (χ1v) is 10.1. The van der Waals surface area contributed by atoms with Gasteiger partial charge < -0.3 is 14.8 Å². The molecule has 9 heteroatoms. The second-order valence-corrected chi connectivity index (χ2v) is 8.04. The van der Waals surface area contributed by atoms with Crippen molar-refractivity contribution in [3.8, 4) is 6.07 Å². The fourth-order valence-electron chi connectivity index (χ4n) is 3.07. The average Bonchev–Trinajstić information content (AvgIpc) is 2.76. The SMILES string of the molecule is COCC1=C(CC(=O)OC(C)C)C(C/C(Cl)=C\C=C(/C)C(F)(F)F)CC(C#N)=C(C)N1. The molecule has 1 N–H and O–H groups in total. The number of halogens is 4. The Morgan fingerprint density at radius 1 is 1.39 bits per heavy atom. The maximum Gasteiger partial charge on any atom is 0.412 e. The average molecular weight is 461 g/mol. The highest BCUT2D eigenvalue weighted by atomic mass is 35.5.